The SMILES string of the molecule is CC(=O)N1CC(C)(C)Oc2ccc(C(=O)CCCC(=O)O)cc21. The Kier molecular flexibility index (Phi) is 4.73. The van der Waals surface area contributed by atoms with Crippen LogP contribution < -0.4 is 9.64 Å². The van der Waals surface area contributed by atoms with Gasteiger partial charge in [0.2, 0.25) is 5.91 Å². The highest BCUT2D eigenvalue weighted by atomic mass is 16.5. The standard InChI is InChI=1S/C17H21NO5/c1-11(19)18-10-17(2,3)23-15-8-7-12(9-13(15)18)14(20)5-4-6-16(21)22/h7-9H,4-6,10H2,1-3H3,(H,21,22). The number of anilines is 1. The number of ether oxygens (including phenoxy) is 1. The van der Waals surface area contributed by atoms with Gasteiger partial charge in [-0.15, -0.1) is 0 Å². The van der Waals surface area contributed by atoms with E-state index >= 15 is 0 Å². The van der Waals surface area contributed by atoms with Crippen molar-refractivity contribution in [3.05, 3.63) is 23.8 Å². The van der Waals surface area contributed by atoms with E-state index in [1.165, 1.54) is 6.92 Å². The number of ketones is 1. The van der Waals surface area contributed by atoms with Crippen molar-refractivity contribution < 1.29 is 24.2 Å². The summed E-state index contributed by atoms with van der Waals surface area (Å²) >= 11 is 0. The van der Waals surface area contributed by atoms with Crippen molar-refractivity contribution in [1.29, 1.82) is 0 Å². The fraction of sp³-hybridized carbons (Fsp3) is 0.471. The van der Waals surface area contributed by atoms with Crippen molar-refractivity contribution >= 4 is 23.3 Å². The van der Waals surface area contributed by atoms with Crippen molar-refractivity contribution in [2.24, 2.45) is 0 Å². The third kappa shape index (κ3) is 4.09. The highest BCUT2D eigenvalue weighted by Crippen LogP contribution is 2.37. The second kappa shape index (κ2) is 6.40. The molecule has 124 valence electrons. The average Bonchev–Trinajstić information content (AvgIpc) is 2.44. The Hall–Kier alpha value is -2.37. The molecular weight excluding hydrogens is 298 g/mol. The maximum atomic E-state index is 12.2. The first-order chi connectivity index (χ1) is 10.7. The summed E-state index contributed by atoms with van der Waals surface area (Å²) in [4.78, 5) is 36.2. The predicted molar refractivity (Wildman–Crippen MR) is 85.0 cm³/mol. The quantitative estimate of drug-likeness (QED) is 0.843. The van der Waals surface area contributed by atoms with Crippen LogP contribution in [0.3, 0.4) is 0 Å². The largest absolute Gasteiger partial charge is 0.484 e. The monoisotopic (exact) mass is 319 g/mol. The molecule has 0 saturated carbocycles. The minimum atomic E-state index is -0.915. The van der Waals surface area contributed by atoms with Crippen LogP contribution in [0.2, 0.25) is 0 Å². The van der Waals surface area contributed by atoms with Gasteiger partial charge in [0, 0.05) is 25.3 Å². The van der Waals surface area contributed by atoms with Gasteiger partial charge in [0.15, 0.2) is 5.78 Å². The molecule has 1 aromatic rings. The summed E-state index contributed by atoms with van der Waals surface area (Å²) in [5.74, 6) is -0.597. The molecule has 1 amide bonds. The number of Topliss-reactive ketones (excluding diaryl/α,β-unsaturated/α-hetero) is 1. The number of hydrogen-bond donors (Lipinski definition) is 1. The number of amides is 1. The maximum absolute atomic E-state index is 12.2. The first-order valence-electron chi connectivity index (χ1n) is 7.56. The molecule has 23 heavy (non-hydrogen) atoms. The fourth-order valence-corrected chi connectivity index (χ4v) is 2.61. The molecule has 0 saturated heterocycles. The zero-order chi connectivity index (χ0) is 17.2. The van der Waals surface area contributed by atoms with E-state index in [0.717, 1.165) is 0 Å². The van der Waals surface area contributed by atoms with Crippen molar-refractivity contribution in [2.75, 3.05) is 11.4 Å². The number of carbonyl (C=O) groups excluding carboxylic acids is 2. The van der Waals surface area contributed by atoms with Gasteiger partial charge in [-0.3, -0.25) is 14.4 Å². The third-order valence-corrected chi connectivity index (χ3v) is 3.67. The molecule has 1 aromatic carbocycles. The van der Waals surface area contributed by atoms with Crippen molar-refractivity contribution in [3.63, 3.8) is 0 Å². The Bertz CT molecular complexity index is 650. The van der Waals surface area contributed by atoms with Gasteiger partial charge >= 0.3 is 5.97 Å². The molecule has 6 heteroatoms. The second-order valence-electron chi connectivity index (χ2n) is 6.32. The number of rotatable bonds is 5. The normalized spacial score (nSPS) is 15.5. The first kappa shape index (κ1) is 17.0. The Labute approximate surface area is 135 Å². The number of carboxylic acids is 1. The molecule has 1 aliphatic heterocycles. The second-order valence-corrected chi connectivity index (χ2v) is 6.32. The Balaban J connectivity index is 2.23. The zero-order valence-corrected chi connectivity index (χ0v) is 13.6. The summed E-state index contributed by atoms with van der Waals surface area (Å²) in [5, 5.41) is 8.63. The molecule has 0 radical (unpaired) electrons. The molecule has 1 N–H and O–H groups in total. The molecule has 1 heterocycles. The van der Waals surface area contributed by atoms with Crippen molar-refractivity contribution in [3.8, 4) is 5.75 Å². The molecule has 2 rings (SSSR count). The lowest BCUT2D eigenvalue weighted by atomic mass is 10.0. The van der Waals surface area contributed by atoms with Crippen LogP contribution in [0.4, 0.5) is 5.69 Å². The first-order valence-corrected chi connectivity index (χ1v) is 7.56. The molecular formula is C17H21NO5. The third-order valence-electron chi connectivity index (χ3n) is 3.67. The fourth-order valence-electron chi connectivity index (χ4n) is 2.61. The van der Waals surface area contributed by atoms with Gasteiger partial charge in [-0.2, -0.15) is 0 Å². The van der Waals surface area contributed by atoms with Gasteiger partial charge in [-0.1, -0.05) is 0 Å². The van der Waals surface area contributed by atoms with Gasteiger partial charge in [-0.25, -0.2) is 0 Å². The molecule has 0 unspecified atom stereocenters. The number of nitrogens with zero attached hydrogens (tertiary/aromatic N) is 1. The number of hydrogen-bond acceptors (Lipinski definition) is 4. The molecule has 0 spiro atoms. The van der Waals surface area contributed by atoms with Crippen LogP contribution in [0.1, 0.15) is 50.4 Å². The van der Waals surface area contributed by atoms with E-state index in [9.17, 15) is 14.4 Å². The molecule has 0 aromatic heterocycles. The smallest absolute Gasteiger partial charge is 0.303 e. The Morgan fingerprint density at radius 2 is 1.96 bits per heavy atom. The molecule has 0 fully saturated rings. The van der Waals surface area contributed by atoms with E-state index in [1.807, 2.05) is 13.8 Å². The van der Waals surface area contributed by atoms with Gasteiger partial charge < -0.3 is 14.7 Å². The summed E-state index contributed by atoms with van der Waals surface area (Å²) in [6.45, 7) is 5.69. The molecule has 6 nitrogen and oxygen atoms in total. The van der Waals surface area contributed by atoms with E-state index in [4.69, 9.17) is 9.84 Å². The van der Waals surface area contributed by atoms with Crippen LogP contribution >= 0.6 is 0 Å². The molecule has 0 aliphatic carbocycles. The lowest BCUT2D eigenvalue weighted by Gasteiger charge is -2.39. The summed E-state index contributed by atoms with van der Waals surface area (Å²) in [7, 11) is 0. The topological polar surface area (TPSA) is 83.9 Å². The highest BCUT2D eigenvalue weighted by molar-refractivity contribution is 6.00. The van der Waals surface area contributed by atoms with E-state index in [-0.39, 0.29) is 24.5 Å². The van der Waals surface area contributed by atoms with Gasteiger partial charge in [0.1, 0.15) is 11.4 Å². The van der Waals surface area contributed by atoms with Crippen LogP contribution in [-0.2, 0) is 9.59 Å². The summed E-state index contributed by atoms with van der Waals surface area (Å²) < 4.78 is 5.86. The van der Waals surface area contributed by atoms with Crippen LogP contribution in [0, 0.1) is 0 Å². The number of carbonyl (C=O) groups is 3. The van der Waals surface area contributed by atoms with Gasteiger partial charge in [-0.05, 0) is 38.5 Å². The molecule has 1 aliphatic rings. The van der Waals surface area contributed by atoms with Crippen molar-refractivity contribution in [1.82, 2.24) is 0 Å². The summed E-state index contributed by atoms with van der Waals surface area (Å²) in [6.07, 6.45) is 0.427. The van der Waals surface area contributed by atoms with Crippen LogP contribution in [0.25, 0.3) is 0 Å². The number of benzene rings is 1. The predicted octanol–water partition coefficient (Wildman–Crippen LogP) is 2.65. The van der Waals surface area contributed by atoms with Crippen molar-refractivity contribution in [2.45, 2.75) is 45.6 Å². The Morgan fingerprint density at radius 1 is 1.26 bits per heavy atom. The van der Waals surface area contributed by atoms with Crippen LogP contribution in [0.5, 0.6) is 5.75 Å². The van der Waals surface area contributed by atoms with E-state index in [2.05, 4.69) is 0 Å². The number of aliphatic carboxylic acids is 1. The molecule has 0 atom stereocenters. The molecule has 0 bridgehead atoms. The lowest BCUT2D eigenvalue weighted by Crippen LogP contribution is -2.48. The Morgan fingerprint density at radius 3 is 2.57 bits per heavy atom. The summed E-state index contributed by atoms with van der Waals surface area (Å²) in [5.41, 5.74) is 0.552. The summed E-state index contributed by atoms with van der Waals surface area (Å²) in [6, 6.07) is 4.99. The van der Waals surface area contributed by atoms with Crippen LogP contribution in [0.15, 0.2) is 18.2 Å². The van der Waals surface area contributed by atoms with E-state index < -0.39 is 11.6 Å². The van der Waals surface area contributed by atoms with Gasteiger partial charge in [0.25, 0.3) is 0 Å². The highest BCUT2D eigenvalue weighted by Gasteiger charge is 2.34. The average molecular weight is 319 g/mol. The number of fused-ring (bicyclic) bond motifs is 1. The zero-order valence-electron chi connectivity index (χ0n) is 13.6. The van der Waals surface area contributed by atoms with Crippen LogP contribution in [-0.4, -0.2) is 34.9 Å². The maximum Gasteiger partial charge on any atom is 0.303 e. The number of carboxylic acid groups (broad SMARTS) is 1. The minimum absolute atomic E-state index is 0.0342. The lowest BCUT2D eigenvalue weighted by molar-refractivity contribution is -0.137. The minimum Gasteiger partial charge on any atom is -0.484 e. The van der Waals surface area contributed by atoms with Gasteiger partial charge in [0.05, 0.1) is 12.2 Å². The van der Waals surface area contributed by atoms with E-state index in [0.29, 0.717) is 30.0 Å². The van der Waals surface area contributed by atoms with E-state index in [1.54, 1.807) is 23.1 Å².